The van der Waals surface area contributed by atoms with Gasteiger partial charge in [-0.05, 0) is 30.7 Å². The van der Waals surface area contributed by atoms with Crippen LogP contribution in [0.4, 0.5) is 11.5 Å². The van der Waals surface area contributed by atoms with Crippen LogP contribution in [0.2, 0.25) is 0 Å². The molecule has 1 aliphatic heterocycles. The van der Waals surface area contributed by atoms with E-state index < -0.39 is 0 Å². The fraction of sp³-hybridized carbons (Fsp3) is 0.143. The lowest BCUT2D eigenvalue weighted by atomic mass is 10.2. The van der Waals surface area contributed by atoms with Gasteiger partial charge < -0.3 is 10.2 Å². The Morgan fingerprint density at radius 3 is 2.43 bits per heavy atom. The van der Waals surface area contributed by atoms with Crippen LogP contribution in [-0.4, -0.2) is 38.3 Å². The maximum absolute atomic E-state index is 12.8. The van der Waals surface area contributed by atoms with Gasteiger partial charge in [0.15, 0.2) is 11.5 Å². The second-order valence-electron chi connectivity index (χ2n) is 6.69. The van der Waals surface area contributed by atoms with Crippen LogP contribution < -0.4 is 10.2 Å². The minimum Gasteiger partial charge on any atom is -0.357 e. The zero-order chi connectivity index (χ0) is 18.9. The van der Waals surface area contributed by atoms with Crippen molar-refractivity contribution in [2.45, 2.75) is 12.5 Å². The summed E-state index contributed by atoms with van der Waals surface area (Å²) in [6.45, 7) is 0.685. The molecule has 0 bridgehead atoms. The third-order valence-corrected chi connectivity index (χ3v) is 4.89. The Labute approximate surface area is 161 Å². The van der Waals surface area contributed by atoms with Crippen LogP contribution >= 0.6 is 0 Å². The van der Waals surface area contributed by atoms with Crippen LogP contribution in [0.25, 0.3) is 17.0 Å². The first-order valence-electron chi connectivity index (χ1n) is 9.20. The van der Waals surface area contributed by atoms with Gasteiger partial charge in [-0.15, -0.1) is 15.3 Å². The number of anilines is 2. The van der Waals surface area contributed by atoms with E-state index in [0.29, 0.717) is 23.8 Å². The van der Waals surface area contributed by atoms with Gasteiger partial charge in [0.1, 0.15) is 11.9 Å². The smallest absolute Gasteiger partial charge is 0.249 e. The minimum absolute atomic E-state index is 0.0557. The van der Waals surface area contributed by atoms with Crippen molar-refractivity contribution in [3.05, 3.63) is 72.8 Å². The summed E-state index contributed by atoms with van der Waals surface area (Å²) in [5, 5.41) is 16.3. The van der Waals surface area contributed by atoms with Gasteiger partial charge in [-0.1, -0.05) is 48.5 Å². The number of carbonyl (C=O) groups excluding carboxylic acids is 1. The lowest BCUT2D eigenvalue weighted by molar-refractivity contribution is -0.117. The molecule has 0 radical (unpaired) electrons. The monoisotopic (exact) mass is 370 g/mol. The highest BCUT2D eigenvalue weighted by molar-refractivity contribution is 6.00. The predicted molar refractivity (Wildman–Crippen MR) is 107 cm³/mol. The van der Waals surface area contributed by atoms with E-state index in [-0.39, 0.29) is 11.9 Å². The van der Waals surface area contributed by atoms with E-state index in [1.165, 1.54) is 0 Å². The van der Waals surface area contributed by atoms with Crippen LogP contribution in [0.1, 0.15) is 6.42 Å². The Hall–Kier alpha value is -3.74. The summed E-state index contributed by atoms with van der Waals surface area (Å²) in [7, 11) is 0. The number of aromatic nitrogens is 4. The molecule has 0 spiro atoms. The molecule has 2 aromatic carbocycles. The number of rotatable bonds is 4. The molecule has 1 N–H and O–H groups in total. The minimum atomic E-state index is -0.304. The zero-order valence-corrected chi connectivity index (χ0v) is 15.1. The van der Waals surface area contributed by atoms with E-state index in [4.69, 9.17) is 0 Å². The molecule has 4 aromatic rings. The van der Waals surface area contributed by atoms with Crippen molar-refractivity contribution in [1.29, 1.82) is 0 Å². The van der Waals surface area contributed by atoms with E-state index in [2.05, 4.69) is 20.6 Å². The lowest BCUT2D eigenvalue weighted by Crippen LogP contribution is -2.33. The SMILES string of the molecule is O=C1C(Nc2ccc3nnc(-c4ccccc4)n3n2)CCN1c1ccccc1. The summed E-state index contributed by atoms with van der Waals surface area (Å²) in [5.74, 6) is 1.35. The summed E-state index contributed by atoms with van der Waals surface area (Å²) >= 11 is 0. The van der Waals surface area contributed by atoms with E-state index in [9.17, 15) is 4.79 Å². The number of nitrogens with zero attached hydrogens (tertiary/aromatic N) is 5. The Morgan fingerprint density at radius 1 is 0.893 bits per heavy atom. The molecule has 1 amide bonds. The highest BCUT2D eigenvalue weighted by atomic mass is 16.2. The predicted octanol–water partition coefficient (Wildman–Crippen LogP) is 3.01. The Morgan fingerprint density at radius 2 is 1.64 bits per heavy atom. The highest BCUT2D eigenvalue weighted by Crippen LogP contribution is 2.23. The number of nitrogens with one attached hydrogen (secondary N) is 1. The molecule has 1 fully saturated rings. The molecule has 1 aliphatic rings. The second-order valence-corrected chi connectivity index (χ2v) is 6.69. The van der Waals surface area contributed by atoms with Crippen molar-refractivity contribution in [2.24, 2.45) is 0 Å². The maximum Gasteiger partial charge on any atom is 0.249 e. The van der Waals surface area contributed by atoms with Gasteiger partial charge in [-0.25, -0.2) is 0 Å². The average Bonchev–Trinajstić information content (AvgIpc) is 3.33. The van der Waals surface area contributed by atoms with Gasteiger partial charge in [-0.3, -0.25) is 4.79 Å². The first kappa shape index (κ1) is 16.4. The first-order valence-corrected chi connectivity index (χ1v) is 9.20. The molecule has 0 aliphatic carbocycles. The average molecular weight is 370 g/mol. The number of hydrogen-bond donors (Lipinski definition) is 1. The molecule has 3 heterocycles. The van der Waals surface area contributed by atoms with Crippen LogP contribution in [-0.2, 0) is 4.79 Å². The van der Waals surface area contributed by atoms with Crippen molar-refractivity contribution < 1.29 is 4.79 Å². The Kier molecular flexibility index (Phi) is 3.97. The van der Waals surface area contributed by atoms with Gasteiger partial charge in [0.2, 0.25) is 5.91 Å². The van der Waals surface area contributed by atoms with Gasteiger partial charge in [-0.2, -0.15) is 4.52 Å². The lowest BCUT2D eigenvalue weighted by Gasteiger charge is -2.17. The summed E-state index contributed by atoms with van der Waals surface area (Å²) in [6, 6.07) is 22.9. The van der Waals surface area contributed by atoms with Crippen molar-refractivity contribution in [3.63, 3.8) is 0 Å². The van der Waals surface area contributed by atoms with Crippen LogP contribution in [0, 0.1) is 0 Å². The van der Waals surface area contributed by atoms with Gasteiger partial charge in [0.25, 0.3) is 0 Å². The molecular formula is C21H18N6O. The molecular weight excluding hydrogens is 352 g/mol. The quantitative estimate of drug-likeness (QED) is 0.598. The van der Waals surface area contributed by atoms with E-state index in [1.807, 2.05) is 77.7 Å². The first-order chi connectivity index (χ1) is 13.8. The molecule has 5 rings (SSSR count). The third kappa shape index (κ3) is 2.87. The molecule has 0 saturated carbocycles. The maximum atomic E-state index is 12.8. The number of hydrogen-bond acceptors (Lipinski definition) is 5. The van der Waals surface area contributed by atoms with Crippen LogP contribution in [0.3, 0.4) is 0 Å². The summed E-state index contributed by atoms with van der Waals surface area (Å²) in [5.41, 5.74) is 2.52. The van der Waals surface area contributed by atoms with Crippen molar-refractivity contribution in [3.8, 4) is 11.4 Å². The molecule has 2 aromatic heterocycles. The topological polar surface area (TPSA) is 75.4 Å². The molecule has 7 heteroatoms. The number of para-hydroxylation sites is 1. The number of carbonyl (C=O) groups is 1. The third-order valence-electron chi connectivity index (χ3n) is 4.89. The molecule has 7 nitrogen and oxygen atoms in total. The highest BCUT2D eigenvalue weighted by Gasteiger charge is 2.32. The zero-order valence-electron chi connectivity index (χ0n) is 15.1. The normalized spacial score (nSPS) is 16.6. The summed E-state index contributed by atoms with van der Waals surface area (Å²) in [6.07, 6.45) is 0.723. The van der Waals surface area contributed by atoms with Crippen molar-refractivity contribution in [1.82, 2.24) is 19.8 Å². The van der Waals surface area contributed by atoms with Gasteiger partial charge in [0.05, 0.1) is 0 Å². The van der Waals surface area contributed by atoms with Gasteiger partial charge >= 0.3 is 0 Å². The fourth-order valence-corrected chi connectivity index (χ4v) is 3.49. The molecule has 138 valence electrons. The molecule has 1 saturated heterocycles. The standard InChI is InChI=1S/C21H18N6O/c28-21-17(13-14-26(21)16-9-5-2-6-10-16)22-18-11-12-19-23-24-20(27(19)25-18)15-7-3-1-4-8-15/h1-12,17H,13-14H2,(H,22,25). The van der Waals surface area contributed by atoms with E-state index in [0.717, 1.165) is 17.7 Å². The van der Waals surface area contributed by atoms with Crippen LogP contribution in [0.5, 0.6) is 0 Å². The Balaban J connectivity index is 1.41. The number of fused-ring (bicyclic) bond motifs is 1. The van der Waals surface area contributed by atoms with E-state index in [1.54, 1.807) is 4.52 Å². The molecule has 1 atom stereocenters. The van der Waals surface area contributed by atoms with Crippen LogP contribution in [0.15, 0.2) is 72.8 Å². The molecule has 1 unspecified atom stereocenters. The van der Waals surface area contributed by atoms with Crippen molar-refractivity contribution >= 4 is 23.1 Å². The fourth-order valence-electron chi connectivity index (χ4n) is 3.49. The number of benzene rings is 2. The second kappa shape index (κ2) is 6.77. The summed E-state index contributed by atoms with van der Waals surface area (Å²) < 4.78 is 1.70. The van der Waals surface area contributed by atoms with Gasteiger partial charge in [0, 0.05) is 17.8 Å². The molecule has 28 heavy (non-hydrogen) atoms. The van der Waals surface area contributed by atoms with E-state index >= 15 is 0 Å². The number of amides is 1. The Bertz CT molecular complexity index is 1130. The summed E-state index contributed by atoms with van der Waals surface area (Å²) in [4.78, 5) is 14.6. The van der Waals surface area contributed by atoms with Crippen molar-refractivity contribution in [2.75, 3.05) is 16.8 Å². The largest absolute Gasteiger partial charge is 0.357 e.